The normalized spacial score (nSPS) is 17.6. The van der Waals surface area contributed by atoms with Crippen molar-refractivity contribution in [2.24, 2.45) is 7.05 Å². The molecule has 1 aromatic heterocycles. The maximum absolute atomic E-state index is 12.8. The van der Waals surface area contributed by atoms with E-state index in [4.69, 9.17) is 0 Å². The quantitative estimate of drug-likeness (QED) is 0.866. The molecular formula is C19H28N4O. The molecule has 0 N–H and O–H groups in total. The van der Waals surface area contributed by atoms with Crippen LogP contribution in [0.15, 0.2) is 24.3 Å². The Hall–Kier alpha value is -1.88. The number of hydrogen-bond donors (Lipinski definition) is 0. The molecule has 0 radical (unpaired) electrons. The number of likely N-dealkylation sites (tertiary alicyclic amines) is 1. The Morgan fingerprint density at radius 2 is 1.88 bits per heavy atom. The van der Waals surface area contributed by atoms with Crippen molar-refractivity contribution in [2.45, 2.75) is 45.2 Å². The first-order valence-electron chi connectivity index (χ1n) is 8.97. The van der Waals surface area contributed by atoms with Crippen molar-refractivity contribution >= 4 is 16.9 Å². The van der Waals surface area contributed by atoms with Gasteiger partial charge in [-0.25, -0.2) is 4.98 Å². The number of hydrogen-bond acceptors (Lipinski definition) is 3. The predicted octanol–water partition coefficient (Wildman–Crippen LogP) is 2.80. The Bertz CT molecular complexity index is 700. The van der Waals surface area contributed by atoms with E-state index in [2.05, 4.69) is 20.5 Å². The van der Waals surface area contributed by atoms with Crippen molar-refractivity contribution in [1.82, 2.24) is 19.4 Å². The summed E-state index contributed by atoms with van der Waals surface area (Å²) in [6.45, 7) is 4.65. The Kier molecular flexibility index (Phi) is 5.19. The van der Waals surface area contributed by atoms with Gasteiger partial charge >= 0.3 is 0 Å². The average molecular weight is 328 g/mol. The fourth-order valence-corrected chi connectivity index (χ4v) is 3.58. The maximum Gasteiger partial charge on any atom is 0.239 e. The third-order valence-electron chi connectivity index (χ3n) is 5.18. The summed E-state index contributed by atoms with van der Waals surface area (Å²) in [6, 6.07) is 8.04. The molecule has 2 aromatic rings. The lowest BCUT2D eigenvalue weighted by Gasteiger charge is -2.30. The van der Waals surface area contributed by atoms with Crippen LogP contribution < -0.4 is 0 Å². The summed E-state index contributed by atoms with van der Waals surface area (Å²) >= 11 is 0. The van der Waals surface area contributed by atoms with Crippen LogP contribution in [-0.4, -0.2) is 51.4 Å². The summed E-state index contributed by atoms with van der Waals surface area (Å²) in [7, 11) is 3.90. The molecule has 0 aliphatic carbocycles. The molecule has 0 unspecified atom stereocenters. The number of amides is 1. The van der Waals surface area contributed by atoms with Gasteiger partial charge in [0.1, 0.15) is 5.82 Å². The molecule has 1 fully saturated rings. The predicted molar refractivity (Wildman–Crippen MR) is 96.7 cm³/mol. The van der Waals surface area contributed by atoms with Gasteiger partial charge in [0.25, 0.3) is 0 Å². The minimum atomic E-state index is -0.0530. The van der Waals surface area contributed by atoms with Gasteiger partial charge in [0.05, 0.1) is 23.6 Å². The molecule has 24 heavy (non-hydrogen) atoms. The summed E-state index contributed by atoms with van der Waals surface area (Å²) in [6.07, 6.45) is 4.97. The average Bonchev–Trinajstić information content (AvgIpc) is 2.79. The van der Waals surface area contributed by atoms with Gasteiger partial charge in [-0.3, -0.25) is 9.69 Å². The highest BCUT2D eigenvalue weighted by Gasteiger charge is 2.25. The molecule has 2 heterocycles. The number of carbonyl (C=O) groups is 1. The van der Waals surface area contributed by atoms with E-state index in [9.17, 15) is 4.79 Å². The molecule has 5 nitrogen and oxygen atoms in total. The summed E-state index contributed by atoms with van der Waals surface area (Å²) in [4.78, 5) is 21.7. The van der Waals surface area contributed by atoms with Crippen LogP contribution in [-0.2, 0) is 18.4 Å². The largest absolute Gasteiger partial charge is 0.337 e. The van der Waals surface area contributed by atoms with E-state index in [1.54, 1.807) is 0 Å². The number of aryl methyl sites for hydroxylation is 1. The smallest absolute Gasteiger partial charge is 0.239 e. The van der Waals surface area contributed by atoms with Gasteiger partial charge in [0, 0.05) is 14.1 Å². The van der Waals surface area contributed by atoms with Crippen LogP contribution in [0.2, 0.25) is 0 Å². The van der Waals surface area contributed by atoms with Gasteiger partial charge in [-0.05, 0) is 45.0 Å². The second-order valence-corrected chi connectivity index (χ2v) is 6.90. The van der Waals surface area contributed by atoms with E-state index in [0.29, 0.717) is 6.54 Å². The summed E-state index contributed by atoms with van der Waals surface area (Å²) in [5.41, 5.74) is 2.09. The van der Waals surface area contributed by atoms with Gasteiger partial charge in [-0.1, -0.05) is 25.0 Å². The lowest BCUT2D eigenvalue weighted by molar-refractivity contribution is -0.135. The number of nitrogens with zero attached hydrogens (tertiary/aromatic N) is 4. The lowest BCUT2D eigenvalue weighted by Crippen LogP contribution is -2.46. The number of fused-ring (bicyclic) bond motifs is 1. The summed E-state index contributed by atoms with van der Waals surface area (Å²) in [5, 5.41) is 0. The number of imidazole rings is 1. The van der Waals surface area contributed by atoms with Crippen LogP contribution >= 0.6 is 0 Å². The lowest BCUT2D eigenvalue weighted by atomic mass is 10.2. The second kappa shape index (κ2) is 7.34. The van der Waals surface area contributed by atoms with Crippen LogP contribution in [0, 0.1) is 0 Å². The molecule has 5 heteroatoms. The first-order valence-corrected chi connectivity index (χ1v) is 8.97. The highest BCUT2D eigenvalue weighted by Crippen LogP contribution is 2.17. The number of likely N-dealkylation sites (N-methyl/N-ethyl adjacent to an activating group) is 1. The van der Waals surface area contributed by atoms with Crippen molar-refractivity contribution in [1.29, 1.82) is 0 Å². The van der Waals surface area contributed by atoms with Crippen LogP contribution in [0.25, 0.3) is 11.0 Å². The zero-order valence-electron chi connectivity index (χ0n) is 15.0. The van der Waals surface area contributed by atoms with Crippen LogP contribution in [0.3, 0.4) is 0 Å². The zero-order chi connectivity index (χ0) is 17.1. The summed E-state index contributed by atoms with van der Waals surface area (Å²) < 4.78 is 2.08. The molecular weight excluding hydrogens is 300 g/mol. The van der Waals surface area contributed by atoms with E-state index in [-0.39, 0.29) is 11.9 Å². The minimum absolute atomic E-state index is 0.0530. The molecule has 1 aliphatic heterocycles. The van der Waals surface area contributed by atoms with Crippen molar-refractivity contribution < 1.29 is 4.79 Å². The molecule has 0 bridgehead atoms. The Labute approximate surface area is 144 Å². The monoisotopic (exact) mass is 328 g/mol. The Balaban J connectivity index is 1.69. The molecule has 0 spiro atoms. The Morgan fingerprint density at radius 1 is 1.21 bits per heavy atom. The molecule has 3 rings (SSSR count). The second-order valence-electron chi connectivity index (χ2n) is 6.90. The molecule has 1 atom stereocenters. The molecule has 130 valence electrons. The fourth-order valence-electron chi connectivity index (χ4n) is 3.58. The van der Waals surface area contributed by atoms with Crippen LogP contribution in [0.4, 0.5) is 0 Å². The standard InChI is InChI=1S/C19H28N4O/c1-15(23-12-8-4-5-9-13-23)19(24)21(2)14-18-20-16-10-6-7-11-17(16)22(18)3/h6-7,10-11,15H,4-5,8-9,12-14H2,1-3H3/t15-/m0/s1. The fraction of sp³-hybridized carbons (Fsp3) is 0.579. The van der Waals surface area contributed by atoms with Gasteiger partial charge in [0.2, 0.25) is 5.91 Å². The van der Waals surface area contributed by atoms with Gasteiger partial charge in [0.15, 0.2) is 0 Å². The van der Waals surface area contributed by atoms with Crippen molar-refractivity contribution in [3.63, 3.8) is 0 Å². The topological polar surface area (TPSA) is 41.4 Å². The molecule has 1 saturated heterocycles. The number of aromatic nitrogens is 2. The van der Waals surface area contributed by atoms with Crippen LogP contribution in [0.5, 0.6) is 0 Å². The zero-order valence-corrected chi connectivity index (χ0v) is 15.0. The van der Waals surface area contributed by atoms with E-state index in [1.807, 2.05) is 44.1 Å². The SMILES string of the molecule is C[C@@H](C(=O)N(C)Cc1nc2ccccc2n1C)N1CCCCCC1. The minimum Gasteiger partial charge on any atom is -0.337 e. The maximum atomic E-state index is 12.8. The van der Waals surface area contributed by atoms with E-state index in [1.165, 1.54) is 25.7 Å². The van der Waals surface area contributed by atoms with Crippen LogP contribution in [0.1, 0.15) is 38.4 Å². The highest BCUT2D eigenvalue weighted by atomic mass is 16.2. The van der Waals surface area contributed by atoms with Gasteiger partial charge in [-0.2, -0.15) is 0 Å². The van der Waals surface area contributed by atoms with E-state index < -0.39 is 0 Å². The first kappa shape index (κ1) is 17.0. The number of para-hydroxylation sites is 2. The number of rotatable bonds is 4. The van der Waals surface area contributed by atoms with Crippen molar-refractivity contribution in [2.75, 3.05) is 20.1 Å². The molecule has 1 amide bonds. The third-order valence-corrected chi connectivity index (χ3v) is 5.18. The van der Waals surface area contributed by atoms with E-state index >= 15 is 0 Å². The third kappa shape index (κ3) is 3.46. The molecule has 1 aliphatic rings. The molecule has 0 saturated carbocycles. The first-order chi connectivity index (χ1) is 11.6. The van der Waals surface area contributed by atoms with Crippen molar-refractivity contribution in [3.8, 4) is 0 Å². The van der Waals surface area contributed by atoms with E-state index in [0.717, 1.165) is 29.9 Å². The Morgan fingerprint density at radius 3 is 2.54 bits per heavy atom. The van der Waals surface area contributed by atoms with Gasteiger partial charge < -0.3 is 9.47 Å². The van der Waals surface area contributed by atoms with Crippen molar-refractivity contribution in [3.05, 3.63) is 30.1 Å². The molecule has 1 aromatic carbocycles. The highest BCUT2D eigenvalue weighted by molar-refractivity contribution is 5.81. The number of benzene rings is 1. The summed E-state index contributed by atoms with van der Waals surface area (Å²) in [5.74, 6) is 1.11. The van der Waals surface area contributed by atoms with Gasteiger partial charge in [-0.15, -0.1) is 0 Å². The number of carbonyl (C=O) groups excluding carboxylic acids is 1.